The van der Waals surface area contributed by atoms with E-state index in [0.29, 0.717) is 25.0 Å². The molecular formula is C28H38O8. The van der Waals surface area contributed by atoms with Crippen LogP contribution in [-0.2, 0) is 38.0 Å². The lowest BCUT2D eigenvalue weighted by Gasteiger charge is -2.51. The highest BCUT2D eigenvalue weighted by Crippen LogP contribution is 2.41. The summed E-state index contributed by atoms with van der Waals surface area (Å²) in [6.07, 6.45) is -1.69. The lowest BCUT2D eigenvalue weighted by atomic mass is 9.79. The Hall–Kier alpha value is -2.08. The number of rotatable bonds is 5. The normalized spacial score (nSPS) is 39.9. The summed E-state index contributed by atoms with van der Waals surface area (Å²) >= 11 is 0. The largest absolute Gasteiger partial charge is 0.373 e. The minimum absolute atomic E-state index is 0.0693. The van der Waals surface area contributed by atoms with E-state index in [0.717, 1.165) is 5.56 Å². The summed E-state index contributed by atoms with van der Waals surface area (Å²) in [4.78, 5) is 16.2. The molecule has 3 aliphatic rings. The van der Waals surface area contributed by atoms with Gasteiger partial charge < -0.3 is 28.4 Å². The maximum atomic E-state index is 8.12. The van der Waals surface area contributed by atoms with Crippen molar-refractivity contribution in [1.82, 2.24) is 0 Å². The first-order valence-corrected chi connectivity index (χ1v) is 12.6. The van der Waals surface area contributed by atoms with Crippen LogP contribution in [0.4, 0.5) is 0 Å². The van der Waals surface area contributed by atoms with Gasteiger partial charge in [0.2, 0.25) is 0 Å². The van der Waals surface area contributed by atoms with Crippen molar-refractivity contribution in [3.63, 3.8) is 0 Å². The van der Waals surface area contributed by atoms with Crippen LogP contribution in [0.1, 0.15) is 53.4 Å². The van der Waals surface area contributed by atoms with Crippen molar-refractivity contribution < 1.29 is 38.0 Å². The molecule has 11 atom stereocenters. The second-order valence-corrected chi connectivity index (χ2v) is 9.79. The molecule has 1 aromatic carbocycles. The number of hydrogen-bond acceptors (Lipinski definition) is 8. The lowest BCUT2D eigenvalue weighted by molar-refractivity contribution is -0.376. The molecule has 8 heteroatoms. The predicted molar refractivity (Wildman–Crippen MR) is 129 cm³/mol. The number of benzene rings is 1. The number of ether oxygens (including phenoxy) is 6. The molecule has 5 unspecified atom stereocenters. The van der Waals surface area contributed by atoms with E-state index in [4.69, 9.17) is 38.0 Å². The van der Waals surface area contributed by atoms with Crippen molar-refractivity contribution in [2.24, 2.45) is 23.7 Å². The lowest BCUT2D eigenvalue weighted by Crippen LogP contribution is -2.61. The fraction of sp³-hybridized carbons (Fsp3) is 0.679. The van der Waals surface area contributed by atoms with Crippen molar-refractivity contribution in [3.05, 3.63) is 35.9 Å². The standard InChI is InChI=1S/C27H38O6.CO2/c1-7-8-14-28-25-19(5)23(32-26-18(4)16(2)17(3)20(6)30-26)24-22(31-25)15-29-27(33-24)21-12-10-9-11-13-21;2-1-3/h9-13,16-20,22-27H,14-15H2,1-6H3;/t16-,17-,18?,19?,20?,22?,23+,24-,25+,26-,27?;/m0./s1. The summed E-state index contributed by atoms with van der Waals surface area (Å²) in [6, 6.07) is 9.99. The number of carbonyl (C=O) groups excluding carboxylic acids is 2. The van der Waals surface area contributed by atoms with E-state index in [1.807, 2.05) is 30.3 Å². The molecule has 0 aliphatic carbocycles. The number of fused-ring (bicyclic) bond motifs is 1. The SMILES string of the molecule is CC#CCO[C@@H]1OC2COC(c3ccccc3)O[C@@H]2[C@H](O[C@@H]2OC(C)[C@@H](C)[C@H](C)C2C)C1C.O=C=O. The summed E-state index contributed by atoms with van der Waals surface area (Å²) in [5, 5.41) is 0. The molecule has 3 aliphatic heterocycles. The third-order valence-electron chi connectivity index (χ3n) is 7.68. The molecule has 0 N–H and O–H groups in total. The van der Waals surface area contributed by atoms with Crippen molar-refractivity contribution in [2.75, 3.05) is 13.2 Å². The quantitative estimate of drug-likeness (QED) is 0.559. The van der Waals surface area contributed by atoms with E-state index in [2.05, 4.69) is 46.5 Å². The van der Waals surface area contributed by atoms with E-state index in [1.165, 1.54) is 0 Å². The van der Waals surface area contributed by atoms with Gasteiger partial charge in [0.05, 0.1) is 18.8 Å². The zero-order valence-corrected chi connectivity index (χ0v) is 21.9. The highest BCUT2D eigenvalue weighted by molar-refractivity contribution is 5.20. The molecule has 8 nitrogen and oxygen atoms in total. The molecule has 1 aromatic rings. The zero-order chi connectivity index (χ0) is 26.2. The number of hydrogen-bond donors (Lipinski definition) is 0. The van der Waals surface area contributed by atoms with Crippen molar-refractivity contribution in [1.29, 1.82) is 0 Å². The first-order chi connectivity index (χ1) is 17.3. The van der Waals surface area contributed by atoms with Crippen molar-refractivity contribution in [2.45, 2.75) is 84.8 Å². The van der Waals surface area contributed by atoms with Crippen LogP contribution < -0.4 is 0 Å². The third kappa shape index (κ3) is 6.62. The van der Waals surface area contributed by atoms with Crippen molar-refractivity contribution >= 4 is 6.15 Å². The molecule has 0 amide bonds. The molecule has 0 bridgehead atoms. The Morgan fingerprint density at radius 1 is 0.889 bits per heavy atom. The van der Waals surface area contributed by atoms with Crippen LogP contribution in [0.2, 0.25) is 0 Å². The van der Waals surface area contributed by atoms with Gasteiger partial charge >= 0.3 is 6.15 Å². The van der Waals surface area contributed by atoms with Gasteiger partial charge in [-0.3, -0.25) is 0 Å². The average molecular weight is 503 g/mol. The van der Waals surface area contributed by atoms with E-state index >= 15 is 0 Å². The molecule has 3 saturated heterocycles. The minimum atomic E-state index is -0.458. The Morgan fingerprint density at radius 2 is 1.58 bits per heavy atom. The molecule has 0 spiro atoms. The van der Waals surface area contributed by atoms with Crippen LogP contribution in [0.3, 0.4) is 0 Å². The van der Waals surface area contributed by atoms with Gasteiger partial charge in [0.25, 0.3) is 0 Å². The first kappa shape index (κ1) is 28.5. The molecular weight excluding hydrogens is 464 g/mol. The highest BCUT2D eigenvalue weighted by atomic mass is 16.8. The third-order valence-corrected chi connectivity index (χ3v) is 7.68. The molecule has 0 radical (unpaired) electrons. The summed E-state index contributed by atoms with van der Waals surface area (Å²) in [6.45, 7) is 13.5. The maximum Gasteiger partial charge on any atom is 0.373 e. The summed E-state index contributed by atoms with van der Waals surface area (Å²) in [5.41, 5.74) is 0.984. The average Bonchev–Trinajstić information content (AvgIpc) is 2.89. The van der Waals surface area contributed by atoms with Gasteiger partial charge in [-0.1, -0.05) is 63.9 Å². The zero-order valence-electron chi connectivity index (χ0n) is 21.9. The Kier molecular flexibility index (Phi) is 10.7. The van der Waals surface area contributed by atoms with Crippen molar-refractivity contribution in [3.8, 4) is 11.8 Å². The Bertz CT molecular complexity index is 905. The van der Waals surface area contributed by atoms with Gasteiger partial charge in [-0.15, -0.1) is 5.92 Å². The van der Waals surface area contributed by atoms with E-state index in [9.17, 15) is 0 Å². The van der Waals surface area contributed by atoms with Crippen LogP contribution >= 0.6 is 0 Å². The fourth-order valence-corrected chi connectivity index (χ4v) is 5.00. The van der Waals surface area contributed by atoms with Gasteiger partial charge in [0, 0.05) is 17.4 Å². The van der Waals surface area contributed by atoms with Crippen LogP contribution in [0.5, 0.6) is 0 Å². The molecule has 3 fully saturated rings. The van der Waals surface area contributed by atoms with E-state index < -0.39 is 12.6 Å². The second-order valence-electron chi connectivity index (χ2n) is 9.79. The Balaban J connectivity index is 0.00000115. The smallest absolute Gasteiger partial charge is 0.349 e. The molecule has 0 saturated carbocycles. The van der Waals surface area contributed by atoms with E-state index in [1.54, 1.807) is 6.92 Å². The van der Waals surface area contributed by atoms with Crippen LogP contribution in [-0.4, -0.2) is 56.4 Å². The summed E-state index contributed by atoms with van der Waals surface area (Å²) < 4.78 is 37.8. The molecule has 36 heavy (non-hydrogen) atoms. The summed E-state index contributed by atoms with van der Waals surface area (Å²) in [5.74, 6) is 6.99. The van der Waals surface area contributed by atoms with Crippen LogP contribution in [0, 0.1) is 35.5 Å². The second kappa shape index (κ2) is 13.5. The van der Waals surface area contributed by atoms with Crippen LogP contribution in [0.25, 0.3) is 0 Å². The van der Waals surface area contributed by atoms with Gasteiger partial charge in [0.1, 0.15) is 18.8 Å². The monoisotopic (exact) mass is 502 g/mol. The minimum Gasteiger partial charge on any atom is -0.349 e. The van der Waals surface area contributed by atoms with Gasteiger partial charge in [-0.25, -0.2) is 0 Å². The van der Waals surface area contributed by atoms with Gasteiger partial charge in [-0.2, -0.15) is 9.59 Å². The molecule has 4 rings (SSSR count). The van der Waals surface area contributed by atoms with Gasteiger partial charge in [0.15, 0.2) is 18.9 Å². The molecule has 0 aromatic heterocycles. The van der Waals surface area contributed by atoms with E-state index in [-0.39, 0.29) is 48.7 Å². The molecule has 3 heterocycles. The fourth-order valence-electron chi connectivity index (χ4n) is 5.00. The Labute approximate surface area is 213 Å². The maximum absolute atomic E-state index is 8.12. The highest BCUT2D eigenvalue weighted by Gasteiger charge is 2.51. The van der Waals surface area contributed by atoms with Crippen LogP contribution in [0.15, 0.2) is 30.3 Å². The predicted octanol–water partition coefficient (Wildman–Crippen LogP) is 3.96. The summed E-state index contributed by atoms with van der Waals surface area (Å²) in [7, 11) is 0. The van der Waals surface area contributed by atoms with Gasteiger partial charge in [-0.05, 0) is 25.7 Å². The topological polar surface area (TPSA) is 89.5 Å². The molecule has 198 valence electrons. The Morgan fingerprint density at radius 3 is 2.25 bits per heavy atom. The first-order valence-electron chi connectivity index (χ1n) is 12.6.